The largest absolute Gasteiger partial charge is 0.448 e. The Balaban J connectivity index is 1.16. The van der Waals surface area contributed by atoms with E-state index in [4.69, 9.17) is 26.1 Å². The molecule has 1 aliphatic carbocycles. The summed E-state index contributed by atoms with van der Waals surface area (Å²) in [5, 5.41) is 2.52. The number of hydrogen-bond acceptors (Lipinski definition) is 7. The van der Waals surface area contributed by atoms with E-state index in [0.717, 1.165) is 28.7 Å². The van der Waals surface area contributed by atoms with Crippen LogP contribution in [-0.4, -0.2) is 76.6 Å². The summed E-state index contributed by atoms with van der Waals surface area (Å²) in [5.74, 6) is 0.397. The highest BCUT2D eigenvalue weighted by Gasteiger charge is 2.38. The summed E-state index contributed by atoms with van der Waals surface area (Å²) >= 11 is 6.54. The van der Waals surface area contributed by atoms with Crippen molar-refractivity contribution in [2.75, 3.05) is 44.3 Å². The summed E-state index contributed by atoms with van der Waals surface area (Å²) in [6.45, 7) is 7.67. The molecule has 2 fully saturated rings. The van der Waals surface area contributed by atoms with Gasteiger partial charge >= 0.3 is 12.2 Å². The van der Waals surface area contributed by atoms with Crippen LogP contribution in [0.15, 0.2) is 71.5 Å². The van der Waals surface area contributed by atoms with Gasteiger partial charge in [0.25, 0.3) is 5.56 Å². The first-order chi connectivity index (χ1) is 22.6. The molecular weight excluding hydrogens is 618 g/mol. The SMILES string of the molecule is CC(C)(C)OC(=O)N1CCN(n2c(C3CCCN3C(=O)OCC3c4ccccc4-c4ccccc43)nc3cccc(Cl)c3c2=O)CC1. The predicted octanol–water partition coefficient (Wildman–Crippen LogP) is 6.32. The summed E-state index contributed by atoms with van der Waals surface area (Å²) in [7, 11) is 0. The van der Waals surface area contributed by atoms with Crippen LogP contribution in [0.25, 0.3) is 22.0 Å². The zero-order valence-corrected chi connectivity index (χ0v) is 27.6. The van der Waals surface area contributed by atoms with Crippen molar-refractivity contribution in [2.45, 2.75) is 51.2 Å². The second kappa shape index (κ2) is 12.2. The molecule has 0 N–H and O–H groups in total. The fraction of sp³-hybridized carbons (Fsp3) is 0.389. The van der Waals surface area contributed by atoms with E-state index >= 15 is 0 Å². The molecule has 3 heterocycles. The molecule has 0 bridgehead atoms. The summed E-state index contributed by atoms with van der Waals surface area (Å²) in [6, 6.07) is 21.2. The van der Waals surface area contributed by atoms with Crippen LogP contribution in [0, 0.1) is 0 Å². The van der Waals surface area contributed by atoms with Gasteiger partial charge in [0, 0.05) is 25.6 Å². The van der Waals surface area contributed by atoms with Crippen LogP contribution in [0.2, 0.25) is 5.02 Å². The first-order valence-electron chi connectivity index (χ1n) is 16.2. The second-order valence-corrected chi connectivity index (χ2v) is 13.7. The maximum atomic E-state index is 14.2. The molecule has 2 saturated heterocycles. The van der Waals surface area contributed by atoms with Gasteiger partial charge in [-0.3, -0.25) is 9.69 Å². The Hall–Kier alpha value is -4.57. The van der Waals surface area contributed by atoms with Crippen molar-refractivity contribution in [3.8, 4) is 11.1 Å². The second-order valence-electron chi connectivity index (χ2n) is 13.3. The highest BCUT2D eigenvalue weighted by Crippen LogP contribution is 2.44. The lowest BCUT2D eigenvalue weighted by atomic mass is 9.98. The monoisotopic (exact) mass is 655 g/mol. The standard InChI is InChI=1S/C36H38ClN5O5/c1-36(2,3)47-34(44)39-18-20-40(21-19-39)42-32(38-29-15-8-14-28(37)31(29)33(42)43)30-16-9-17-41(30)35(45)46-22-27-25-12-6-4-10-23(25)24-11-5-7-13-26(24)27/h4-8,10-15,27,30H,9,16-22H2,1-3H3. The van der Waals surface area contributed by atoms with Gasteiger partial charge in [0.05, 0.1) is 35.1 Å². The molecule has 2 amide bonds. The quantitative estimate of drug-likeness (QED) is 0.254. The summed E-state index contributed by atoms with van der Waals surface area (Å²) in [6.07, 6.45) is 0.545. The van der Waals surface area contributed by atoms with Crippen molar-refractivity contribution in [1.29, 1.82) is 0 Å². The summed E-state index contributed by atoms with van der Waals surface area (Å²) in [5.41, 5.74) is 4.18. The molecule has 1 aromatic heterocycles. The predicted molar refractivity (Wildman–Crippen MR) is 181 cm³/mol. The Labute approximate surface area is 278 Å². The average Bonchev–Trinajstić information content (AvgIpc) is 3.66. The smallest absolute Gasteiger partial charge is 0.410 e. The number of fused-ring (bicyclic) bond motifs is 4. The van der Waals surface area contributed by atoms with Gasteiger partial charge in [-0.2, -0.15) is 0 Å². The van der Waals surface area contributed by atoms with Gasteiger partial charge in [0.1, 0.15) is 12.2 Å². The number of nitrogens with zero attached hydrogens (tertiary/aromatic N) is 5. The van der Waals surface area contributed by atoms with Crippen LogP contribution in [-0.2, 0) is 9.47 Å². The number of likely N-dealkylation sites (tertiary alicyclic amines) is 1. The Morgan fingerprint density at radius 1 is 0.872 bits per heavy atom. The van der Waals surface area contributed by atoms with Crippen LogP contribution in [0.4, 0.5) is 9.59 Å². The third kappa shape index (κ3) is 5.79. The number of ether oxygens (including phenoxy) is 2. The third-order valence-electron chi connectivity index (χ3n) is 9.16. The van der Waals surface area contributed by atoms with Gasteiger partial charge in [0.15, 0.2) is 5.82 Å². The first-order valence-corrected chi connectivity index (χ1v) is 16.5. The fourth-order valence-electron chi connectivity index (χ4n) is 7.02. The van der Waals surface area contributed by atoms with Crippen LogP contribution < -0.4 is 10.6 Å². The number of carbonyl (C=O) groups excluding carboxylic acids is 2. The number of halogens is 1. The van der Waals surface area contributed by atoms with Crippen molar-refractivity contribution < 1.29 is 19.1 Å². The van der Waals surface area contributed by atoms with E-state index in [2.05, 4.69) is 24.3 Å². The lowest BCUT2D eigenvalue weighted by Gasteiger charge is -2.39. The molecule has 10 nitrogen and oxygen atoms in total. The number of piperazine rings is 1. The summed E-state index contributed by atoms with van der Waals surface area (Å²) in [4.78, 5) is 49.1. The van der Waals surface area contributed by atoms with E-state index in [0.29, 0.717) is 60.9 Å². The fourth-order valence-corrected chi connectivity index (χ4v) is 7.27. The lowest BCUT2D eigenvalue weighted by molar-refractivity contribution is 0.0230. The molecule has 3 aliphatic rings. The van der Waals surface area contributed by atoms with Crippen LogP contribution in [0.3, 0.4) is 0 Å². The van der Waals surface area contributed by atoms with Crippen molar-refractivity contribution in [3.05, 3.63) is 99.1 Å². The highest BCUT2D eigenvalue weighted by atomic mass is 35.5. The topological polar surface area (TPSA) is 97.2 Å². The van der Waals surface area contributed by atoms with Gasteiger partial charge in [-0.1, -0.05) is 66.2 Å². The number of rotatable bonds is 4. The van der Waals surface area contributed by atoms with E-state index in [1.54, 1.807) is 32.7 Å². The number of benzene rings is 3. The zero-order chi connectivity index (χ0) is 32.9. The number of carbonyl (C=O) groups is 2. The normalized spacial score (nSPS) is 18.0. The number of amides is 2. The van der Waals surface area contributed by atoms with Gasteiger partial charge in [-0.05, 0) is 68.0 Å². The molecule has 0 spiro atoms. The van der Waals surface area contributed by atoms with Crippen LogP contribution in [0.5, 0.6) is 0 Å². The highest BCUT2D eigenvalue weighted by molar-refractivity contribution is 6.35. The third-order valence-corrected chi connectivity index (χ3v) is 9.48. The molecule has 47 heavy (non-hydrogen) atoms. The Morgan fingerprint density at radius 3 is 2.19 bits per heavy atom. The van der Waals surface area contributed by atoms with Crippen molar-refractivity contribution in [1.82, 2.24) is 19.5 Å². The molecule has 11 heteroatoms. The van der Waals surface area contributed by atoms with Crippen LogP contribution >= 0.6 is 11.6 Å². The van der Waals surface area contributed by atoms with Crippen LogP contribution in [0.1, 0.15) is 62.5 Å². The molecule has 0 saturated carbocycles. The van der Waals surface area contributed by atoms with E-state index in [-0.39, 0.29) is 24.2 Å². The van der Waals surface area contributed by atoms with Crippen molar-refractivity contribution >= 4 is 34.7 Å². The minimum absolute atomic E-state index is 0.0622. The number of aromatic nitrogens is 2. The minimum atomic E-state index is -0.609. The van der Waals surface area contributed by atoms with Gasteiger partial charge in [0.2, 0.25) is 0 Å². The molecule has 4 aromatic rings. The Kier molecular flexibility index (Phi) is 8.08. The molecule has 244 valence electrons. The molecule has 2 aliphatic heterocycles. The molecule has 0 radical (unpaired) electrons. The van der Waals surface area contributed by atoms with E-state index in [1.807, 2.05) is 50.0 Å². The molecular formula is C36H38ClN5O5. The van der Waals surface area contributed by atoms with E-state index in [1.165, 1.54) is 0 Å². The first kappa shape index (κ1) is 31.1. The zero-order valence-electron chi connectivity index (χ0n) is 26.8. The number of hydrogen-bond donors (Lipinski definition) is 0. The maximum Gasteiger partial charge on any atom is 0.410 e. The molecule has 3 aromatic carbocycles. The van der Waals surface area contributed by atoms with E-state index < -0.39 is 17.7 Å². The maximum absolute atomic E-state index is 14.2. The summed E-state index contributed by atoms with van der Waals surface area (Å²) < 4.78 is 13.2. The molecule has 7 rings (SSSR count). The average molecular weight is 656 g/mol. The Bertz CT molecular complexity index is 1870. The van der Waals surface area contributed by atoms with Gasteiger partial charge < -0.3 is 19.4 Å². The van der Waals surface area contributed by atoms with Gasteiger partial charge in [-0.25, -0.2) is 19.2 Å². The lowest BCUT2D eigenvalue weighted by Crippen LogP contribution is -2.57. The Morgan fingerprint density at radius 2 is 1.53 bits per heavy atom. The molecule has 1 atom stereocenters. The van der Waals surface area contributed by atoms with Crippen molar-refractivity contribution in [2.24, 2.45) is 0 Å². The van der Waals surface area contributed by atoms with Gasteiger partial charge in [-0.15, -0.1) is 0 Å². The van der Waals surface area contributed by atoms with E-state index in [9.17, 15) is 14.4 Å². The van der Waals surface area contributed by atoms with Crippen molar-refractivity contribution in [3.63, 3.8) is 0 Å². The minimum Gasteiger partial charge on any atom is -0.448 e. The molecule has 1 unspecified atom stereocenters.